The fraction of sp³-hybridized carbons (Fsp3) is 0.385. The third-order valence-electron chi connectivity index (χ3n) is 5.54. The zero-order valence-corrected chi connectivity index (χ0v) is 18.9. The van der Waals surface area contributed by atoms with Crippen LogP contribution in [-0.4, -0.2) is 27.1 Å². The molecule has 0 bridgehead atoms. The van der Waals surface area contributed by atoms with Crippen LogP contribution in [-0.2, 0) is 6.61 Å². The molecule has 1 aliphatic heterocycles. The van der Waals surface area contributed by atoms with Crippen LogP contribution in [0.4, 0.5) is 5.82 Å². The van der Waals surface area contributed by atoms with Gasteiger partial charge in [0, 0.05) is 28.9 Å². The van der Waals surface area contributed by atoms with Gasteiger partial charge in [0.2, 0.25) is 0 Å². The van der Waals surface area contributed by atoms with Crippen LogP contribution in [0, 0.1) is 0 Å². The Morgan fingerprint density at radius 2 is 1.71 bits per heavy atom. The van der Waals surface area contributed by atoms with E-state index >= 15 is 0 Å². The molecule has 3 aromatic rings. The highest BCUT2D eigenvalue weighted by Gasteiger charge is 2.37. The number of aromatic nitrogens is 2. The van der Waals surface area contributed by atoms with Gasteiger partial charge in [-0.1, -0.05) is 42.5 Å². The molecule has 2 aromatic carbocycles. The number of piperidine rings is 1. The molecule has 1 aliphatic rings. The van der Waals surface area contributed by atoms with Crippen LogP contribution < -0.4 is 15.4 Å². The Morgan fingerprint density at radius 3 is 2.45 bits per heavy atom. The number of nitrogens with zero attached hydrogens (tertiary/aromatic N) is 2. The minimum Gasteiger partial charge on any atom is -0.489 e. The maximum absolute atomic E-state index is 5.97. The molecule has 1 saturated heterocycles. The minimum absolute atomic E-state index is 0.0830. The summed E-state index contributed by atoms with van der Waals surface area (Å²) in [7, 11) is 0. The summed E-state index contributed by atoms with van der Waals surface area (Å²) in [6.45, 7) is 9.57. The van der Waals surface area contributed by atoms with Gasteiger partial charge in [-0.05, 0) is 64.3 Å². The van der Waals surface area contributed by atoms with Crippen molar-refractivity contribution in [2.75, 3.05) is 5.32 Å². The summed E-state index contributed by atoms with van der Waals surface area (Å²) in [5.74, 6) is 2.37. The van der Waals surface area contributed by atoms with Gasteiger partial charge in [-0.25, -0.2) is 9.97 Å². The van der Waals surface area contributed by atoms with Gasteiger partial charge in [0.25, 0.3) is 0 Å². The molecular formula is C26H32N4O. The van der Waals surface area contributed by atoms with E-state index in [0.717, 1.165) is 35.5 Å². The molecule has 1 aromatic heterocycles. The second kappa shape index (κ2) is 8.67. The zero-order valence-electron chi connectivity index (χ0n) is 18.9. The summed E-state index contributed by atoms with van der Waals surface area (Å²) in [6.07, 6.45) is 3.90. The third-order valence-corrected chi connectivity index (χ3v) is 5.54. The molecule has 0 radical (unpaired) electrons. The lowest BCUT2D eigenvalue weighted by molar-refractivity contribution is 0.170. The Hall–Kier alpha value is -2.92. The summed E-state index contributed by atoms with van der Waals surface area (Å²) >= 11 is 0. The van der Waals surface area contributed by atoms with Crippen LogP contribution in [0.25, 0.3) is 11.4 Å². The Morgan fingerprint density at radius 1 is 0.968 bits per heavy atom. The van der Waals surface area contributed by atoms with E-state index in [9.17, 15) is 0 Å². The Kier molecular flexibility index (Phi) is 5.96. The molecule has 31 heavy (non-hydrogen) atoms. The number of hydrogen-bond acceptors (Lipinski definition) is 5. The predicted molar refractivity (Wildman–Crippen MR) is 126 cm³/mol. The first-order chi connectivity index (χ1) is 14.8. The number of hydrogen-bond donors (Lipinski definition) is 2. The van der Waals surface area contributed by atoms with Crippen LogP contribution in [0.1, 0.15) is 46.1 Å². The fourth-order valence-electron chi connectivity index (χ4n) is 4.68. The second-order valence-electron chi connectivity index (χ2n) is 9.71. The van der Waals surface area contributed by atoms with E-state index < -0.39 is 0 Å². The van der Waals surface area contributed by atoms with Crippen LogP contribution in [0.15, 0.2) is 66.9 Å². The highest BCUT2D eigenvalue weighted by molar-refractivity contribution is 5.59. The van der Waals surface area contributed by atoms with E-state index in [4.69, 9.17) is 9.72 Å². The van der Waals surface area contributed by atoms with Crippen molar-refractivity contribution in [2.45, 2.75) is 64.3 Å². The van der Waals surface area contributed by atoms with Crippen LogP contribution in [0.5, 0.6) is 5.75 Å². The van der Waals surface area contributed by atoms with E-state index in [-0.39, 0.29) is 11.1 Å². The molecule has 0 saturated carbocycles. The van der Waals surface area contributed by atoms with Gasteiger partial charge >= 0.3 is 0 Å². The first-order valence-corrected chi connectivity index (χ1v) is 10.9. The van der Waals surface area contributed by atoms with Crippen molar-refractivity contribution in [3.8, 4) is 17.1 Å². The van der Waals surface area contributed by atoms with Crippen molar-refractivity contribution in [2.24, 2.45) is 0 Å². The standard InChI is InChI=1S/C26H32N4O/c1-25(2)16-21(17-26(3,4)30-25)28-23-13-14-27-24(29-23)20-11-8-12-22(15-20)31-18-19-9-6-5-7-10-19/h5-15,21,30H,16-18H2,1-4H3,(H,27,28,29). The minimum atomic E-state index is 0.0830. The molecule has 1 fully saturated rings. The molecule has 0 amide bonds. The van der Waals surface area contributed by atoms with Gasteiger partial charge in [-0.15, -0.1) is 0 Å². The summed E-state index contributed by atoms with van der Waals surface area (Å²) < 4.78 is 5.97. The monoisotopic (exact) mass is 416 g/mol. The van der Waals surface area contributed by atoms with E-state index in [1.54, 1.807) is 0 Å². The lowest BCUT2D eigenvalue weighted by Crippen LogP contribution is -2.60. The van der Waals surface area contributed by atoms with Crippen LogP contribution in [0.2, 0.25) is 0 Å². The number of anilines is 1. The molecule has 0 unspecified atom stereocenters. The fourth-order valence-corrected chi connectivity index (χ4v) is 4.68. The summed E-state index contributed by atoms with van der Waals surface area (Å²) in [6, 6.07) is 20.4. The molecule has 162 valence electrons. The number of nitrogens with one attached hydrogen (secondary N) is 2. The summed E-state index contributed by atoms with van der Waals surface area (Å²) in [5.41, 5.74) is 2.25. The van der Waals surface area contributed by atoms with Crippen molar-refractivity contribution < 1.29 is 4.74 Å². The summed E-state index contributed by atoms with van der Waals surface area (Å²) in [4.78, 5) is 9.29. The number of rotatable bonds is 6. The Balaban J connectivity index is 1.47. The Labute approximate surface area is 185 Å². The van der Waals surface area contributed by atoms with Gasteiger partial charge in [0.1, 0.15) is 18.2 Å². The average molecular weight is 417 g/mol. The predicted octanol–water partition coefficient (Wildman–Crippen LogP) is 5.44. The van der Waals surface area contributed by atoms with Gasteiger partial charge in [0.05, 0.1) is 0 Å². The normalized spacial score (nSPS) is 17.8. The first kappa shape index (κ1) is 21.3. The Bertz CT molecular complexity index is 1000. The van der Waals surface area contributed by atoms with Gasteiger partial charge in [-0.3, -0.25) is 0 Å². The van der Waals surface area contributed by atoms with Crippen LogP contribution >= 0.6 is 0 Å². The van der Waals surface area contributed by atoms with E-state index in [0.29, 0.717) is 18.5 Å². The van der Waals surface area contributed by atoms with Crippen LogP contribution in [0.3, 0.4) is 0 Å². The molecule has 5 nitrogen and oxygen atoms in total. The van der Waals surface area contributed by atoms with Crippen molar-refractivity contribution in [1.82, 2.24) is 15.3 Å². The van der Waals surface area contributed by atoms with E-state index in [2.05, 4.69) is 55.4 Å². The van der Waals surface area contributed by atoms with Gasteiger partial charge in [0.15, 0.2) is 5.82 Å². The molecule has 2 N–H and O–H groups in total. The van der Waals surface area contributed by atoms with Crippen molar-refractivity contribution in [3.05, 3.63) is 72.4 Å². The third kappa shape index (κ3) is 5.82. The number of ether oxygens (including phenoxy) is 1. The molecular weight excluding hydrogens is 384 g/mol. The molecule has 0 spiro atoms. The molecule has 0 aliphatic carbocycles. The number of benzene rings is 2. The van der Waals surface area contributed by atoms with Crippen molar-refractivity contribution in [3.63, 3.8) is 0 Å². The topological polar surface area (TPSA) is 59.1 Å². The van der Waals surface area contributed by atoms with Crippen molar-refractivity contribution in [1.29, 1.82) is 0 Å². The second-order valence-corrected chi connectivity index (χ2v) is 9.71. The summed E-state index contributed by atoms with van der Waals surface area (Å²) in [5, 5.41) is 7.37. The average Bonchev–Trinajstić information content (AvgIpc) is 2.71. The molecule has 4 rings (SSSR count). The molecule has 5 heteroatoms. The highest BCUT2D eigenvalue weighted by Crippen LogP contribution is 2.30. The quantitative estimate of drug-likeness (QED) is 0.560. The highest BCUT2D eigenvalue weighted by atomic mass is 16.5. The van der Waals surface area contributed by atoms with Gasteiger partial charge < -0.3 is 15.4 Å². The van der Waals surface area contributed by atoms with Gasteiger partial charge in [-0.2, -0.15) is 0 Å². The largest absolute Gasteiger partial charge is 0.489 e. The smallest absolute Gasteiger partial charge is 0.161 e. The van der Waals surface area contributed by atoms with E-state index in [1.807, 2.05) is 54.7 Å². The lowest BCUT2D eigenvalue weighted by Gasteiger charge is -2.46. The molecule has 2 heterocycles. The zero-order chi connectivity index (χ0) is 21.9. The SMILES string of the molecule is CC1(C)CC(Nc2ccnc(-c3cccc(OCc4ccccc4)c3)n2)CC(C)(C)N1. The maximum atomic E-state index is 5.97. The van der Waals surface area contributed by atoms with E-state index in [1.165, 1.54) is 0 Å². The molecule has 0 atom stereocenters. The maximum Gasteiger partial charge on any atom is 0.161 e. The van der Waals surface area contributed by atoms with Crippen molar-refractivity contribution >= 4 is 5.82 Å². The lowest BCUT2D eigenvalue weighted by atomic mass is 9.79. The first-order valence-electron chi connectivity index (χ1n) is 10.9.